The maximum Gasteiger partial charge on any atom is 0.269 e. The lowest BCUT2D eigenvalue weighted by Crippen LogP contribution is -2.43. The second kappa shape index (κ2) is 8.22. The van der Waals surface area contributed by atoms with Crippen molar-refractivity contribution < 1.29 is 23.2 Å². The van der Waals surface area contributed by atoms with Gasteiger partial charge in [0.1, 0.15) is 0 Å². The van der Waals surface area contributed by atoms with Crippen LogP contribution < -0.4 is 0 Å². The Morgan fingerprint density at radius 1 is 1.19 bits per heavy atom. The number of carbonyl (C=O) groups excluding carboxylic acids is 1. The molecule has 0 bridgehead atoms. The first-order valence-corrected chi connectivity index (χ1v) is 8.53. The number of amides is 1. The quantitative estimate of drug-likeness (QED) is 0.589. The Labute approximate surface area is 154 Å². The lowest BCUT2D eigenvalue weighted by atomic mass is 10.1. The number of likely N-dealkylation sites (tertiary alicyclic amines) is 1. The predicted molar refractivity (Wildman–Crippen MR) is 93.2 cm³/mol. The Morgan fingerprint density at radius 3 is 2.59 bits per heavy atom. The van der Waals surface area contributed by atoms with Crippen molar-refractivity contribution in [2.24, 2.45) is 0 Å². The van der Waals surface area contributed by atoms with Crippen molar-refractivity contribution in [3.05, 3.63) is 75.3 Å². The predicted octanol–water partition coefficient (Wildman–Crippen LogP) is 3.69. The minimum atomic E-state index is -0.922. The van der Waals surface area contributed by atoms with E-state index in [9.17, 15) is 23.7 Å². The molecule has 2 aromatic carbocycles. The summed E-state index contributed by atoms with van der Waals surface area (Å²) in [7, 11) is 0. The van der Waals surface area contributed by atoms with Gasteiger partial charge in [0, 0.05) is 30.8 Å². The molecule has 2 aromatic rings. The normalized spacial score (nSPS) is 17.0. The number of rotatable bonds is 5. The lowest BCUT2D eigenvalue weighted by molar-refractivity contribution is -0.384. The van der Waals surface area contributed by atoms with Gasteiger partial charge in [-0.15, -0.1) is 0 Å². The SMILES string of the molecule is O=C(c1ccc([N+](=O)[O-])cc1)N1CCC[C@@H](OCc2ccc(F)c(F)c2)C1. The fourth-order valence-corrected chi connectivity index (χ4v) is 3.01. The molecule has 1 atom stereocenters. The van der Waals surface area contributed by atoms with E-state index in [2.05, 4.69) is 0 Å². The van der Waals surface area contributed by atoms with Crippen LogP contribution in [0.4, 0.5) is 14.5 Å². The van der Waals surface area contributed by atoms with Gasteiger partial charge in [-0.1, -0.05) is 6.07 Å². The summed E-state index contributed by atoms with van der Waals surface area (Å²) >= 11 is 0. The molecule has 1 aliphatic rings. The molecule has 0 N–H and O–H groups in total. The molecule has 142 valence electrons. The van der Waals surface area contributed by atoms with Gasteiger partial charge in [0.15, 0.2) is 11.6 Å². The van der Waals surface area contributed by atoms with Crippen LogP contribution in [0.1, 0.15) is 28.8 Å². The summed E-state index contributed by atoms with van der Waals surface area (Å²) in [5, 5.41) is 10.7. The van der Waals surface area contributed by atoms with Crippen molar-refractivity contribution in [2.75, 3.05) is 13.1 Å². The fourth-order valence-electron chi connectivity index (χ4n) is 3.01. The van der Waals surface area contributed by atoms with Gasteiger partial charge in [-0.3, -0.25) is 14.9 Å². The first kappa shape index (κ1) is 18.9. The van der Waals surface area contributed by atoms with Crippen LogP contribution in [0.3, 0.4) is 0 Å². The number of non-ortho nitro benzene ring substituents is 1. The van der Waals surface area contributed by atoms with Gasteiger partial charge < -0.3 is 9.64 Å². The minimum absolute atomic E-state index is 0.0714. The smallest absolute Gasteiger partial charge is 0.269 e. The average molecular weight is 376 g/mol. The van der Waals surface area contributed by atoms with Crippen molar-refractivity contribution >= 4 is 11.6 Å². The molecule has 1 aliphatic heterocycles. The van der Waals surface area contributed by atoms with Crippen LogP contribution in [-0.4, -0.2) is 34.9 Å². The number of carbonyl (C=O) groups is 1. The van der Waals surface area contributed by atoms with Crippen LogP contribution in [0, 0.1) is 21.7 Å². The zero-order chi connectivity index (χ0) is 19.4. The van der Waals surface area contributed by atoms with E-state index in [1.807, 2.05) is 0 Å². The molecule has 1 fully saturated rings. The molecule has 1 amide bonds. The Morgan fingerprint density at radius 2 is 1.93 bits per heavy atom. The third kappa shape index (κ3) is 4.65. The van der Waals surface area contributed by atoms with Crippen LogP contribution in [0.5, 0.6) is 0 Å². The Hall–Kier alpha value is -2.87. The van der Waals surface area contributed by atoms with E-state index in [0.717, 1.165) is 25.0 Å². The maximum absolute atomic E-state index is 13.3. The van der Waals surface area contributed by atoms with Gasteiger partial charge in [0.25, 0.3) is 11.6 Å². The van der Waals surface area contributed by atoms with Gasteiger partial charge >= 0.3 is 0 Å². The van der Waals surface area contributed by atoms with Gasteiger partial charge in [0.05, 0.1) is 17.6 Å². The number of halogens is 2. The van der Waals surface area contributed by atoms with Crippen LogP contribution in [-0.2, 0) is 11.3 Å². The molecule has 6 nitrogen and oxygen atoms in total. The second-order valence-electron chi connectivity index (χ2n) is 6.38. The van der Waals surface area contributed by atoms with E-state index >= 15 is 0 Å². The molecule has 0 radical (unpaired) electrons. The third-order valence-corrected chi connectivity index (χ3v) is 4.46. The first-order chi connectivity index (χ1) is 12.9. The number of hydrogen-bond acceptors (Lipinski definition) is 4. The number of benzene rings is 2. The van der Waals surface area contributed by atoms with E-state index in [1.165, 1.54) is 30.3 Å². The first-order valence-electron chi connectivity index (χ1n) is 8.53. The number of nitro benzene ring substituents is 1. The minimum Gasteiger partial charge on any atom is -0.372 e. The summed E-state index contributed by atoms with van der Waals surface area (Å²) in [6.07, 6.45) is 1.29. The van der Waals surface area contributed by atoms with Crippen LogP contribution in [0.2, 0.25) is 0 Å². The maximum atomic E-state index is 13.3. The van der Waals surface area contributed by atoms with Crippen LogP contribution in [0.25, 0.3) is 0 Å². The molecule has 0 aliphatic carbocycles. The molecule has 0 spiro atoms. The van der Waals surface area contributed by atoms with Crippen LogP contribution >= 0.6 is 0 Å². The van der Waals surface area contributed by atoms with Crippen molar-refractivity contribution in [2.45, 2.75) is 25.6 Å². The largest absolute Gasteiger partial charge is 0.372 e. The Balaban J connectivity index is 1.58. The highest BCUT2D eigenvalue weighted by atomic mass is 19.2. The van der Waals surface area contributed by atoms with Crippen molar-refractivity contribution in [1.82, 2.24) is 4.90 Å². The van der Waals surface area contributed by atoms with Crippen molar-refractivity contribution in [3.8, 4) is 0 Å². The number of piperidine rings is 1. The third-order valence-electron chi connectivity index (χ3n) is 4.46. The molecule has 0 saturated carbocycles. The zero-order valence-electron chi connectivity index (χ0n) is 14.4. The highest BCUT2D eigenvalue weighted by Crippen LogP contribution is 2.19. The Kier molecular flexibility index (Phi) is 5.75. The summed E-state index contributed by atoms with van der Waals surface area (Å²) in [5.74, 6) is -2.04. The van der Waals surface area contributed by atoms with Crippen molar-refractivity contribution in [1.29, 1.82) is 0 Å². The molecule has 1 heterocycles. The summed E-state index contributed by atoms with van der Waals surface area (Å²) in [6.45, 7) is 1.07. The monoisotopic (exact) mass is 376 g/mol. The van der Waals surface area contributed by atoms with E-state index in [-0.39, 0.29) is 24.3 Å². The molecule has 8 heteroatoms. The number of ether oxygens (including phenoxy) is 1. The van der Waals surface area contributed by atoms with E-state index < -0.39 is 16.6 Å². The van der Waals surface area contributed by atoms with Crippen molar-refractivity contribution in [3.63, 3.8) is 0 Å². The second-order valence-corrected chi connectivity index (χ2v) is 6.38. The number of nitro groups is 1. The molecule has 1 saturated heterocycles. The zero-order valence-corrected chi connectivity index (χ0v) is 14.4. The average Bonchev–Trinajstić information content (AvgIpc) is 2.68. The van der Waals surface area contributed by atoms with E-state index in [0.29, 0.717) is 24.2 Å². The molecule has 0 unspecified atom stereocenters. The number of nitrogens with zero attached hydrogens (tertiary/aromatic N) is 2. The van der Waals surface area contributed by atoms with E-state index in [4.69, 9.17) is 4.74 Å². The molecular weight excluding hydrogens is 358 g/mol. The summed E-state index contributed by atoms with van der Waals surface area (Å²) < 4.78 is 32.0. The molecule has 27 heavy (non-hydrogen) atoms. The number of hydrogen-bond donors (Lipinski definition) is 0. The van der Waals surface area contributed by atoms with Crippen LogP contribution in [0.15, 0.2) is 42.5 Å². The Bertz CT molecular complexity index is 842. The highest BCUT2D eigenvalue weighted by molar-refractivity contribution is 5.94. The van der Waals surface area contributed by atoms with Gasteiger partial charge in [-0.05, 0) is 42.7 Å². The summed E-state index contributed by atoms with van der Waals surface area (Å²) in [5.41, 5.74) is 0.826. The van der Waals surface area contributed by atoms with Gasteiger partial charge in [-0.2, -0.15) is 0 Å². The molecule has 3 rings (SSSR count). The standard InChI is InChI=1S/C19H18F2N2O4/c20-17-8-3-13(10-18(17)21)12-27-16-2-1-9-22(11-16)19(24)14-4-6-15(7-5-14)23(25)26/h3-8,10,16H,1-2,9,11-12H2/t16-/m1/s1. The fraction of sp³-hybridized carbons (Fsp3) is 0.316. The van der Waals surface area contributed by atoms with E-state index in [1.54, 1.807) is 4.90 Å². The molecular formula is C19H18F2N2O4. The topological polar surface area (TPSA) is 72.7 Å². The summed E-state index contributed by atoms with van der Waals surface area (Å²) in [6, 6.07) is 9.08. The summed E-state index contributed by atoms with van der Waals surface area (Å²) in [4.78, 5) is 24.4. The molecule has 0 aromatic heterocycles. The van der Waals surface area contributed by atoms with Gasteiger partial charge in [-0.25, -0.2) is 8.78 Å². The highest BCUT2D eigenvalue weighted by Gasteiger charge is 2.25. The van der Waals surface area contributed by atoms with Gasteiger partial charge in [0.2, 0.25) is 0 Å². The lowest BCUT2D eigenvalue weighted by Gasteiger charge is -2.32.